The number of ether oxygens (including phenoxy) is 1. The fourth-order valence-electron chi connectivity index (χ4n) is 2.61. The molecule has 3 rings (SSSR count). The van der Waals surface area contributed by atoms with Crippen LogP contribution in [-0.2, 0) is 4.74 Å². The highest BCUT2D eigenvalue weighted by Crippen LogP contribution is 2.46. The van der Waals surface area contributed by atoms with Gasteiger partial charge in [-0.1, -0.05) is 47.5 Å². The average Bonchev–Trinajstić information content (AvgIpc) is 2.62. The number of nitrogens with zero attached hydrogens (tertiary/aromatic N) is 2. The normalized spacial score (nSPS) is 26.3. The largest absolute Gasteiger partial charge is 0.361 e. The Labute approximate surface area is 154 Å². The van der Waals surface area contributed by atoms with Crippen molar-refractivity contribution in [3.05, 3.63) is 69.7 Å². The van der Waals surface area contributed by atoms with Gasteiger partial charge in [-0.15, -0.1) is 11.8 Å². The summed E-state index contributed by atoms with van der Waals surface area (Å²) in [6, 6.07) is 19.0. The lowest BCUT2D eigenvalue weighted by Gasteiger charge is -2.36. The van der Waals surface area contributed by atoms with Crippen LogP contribution in [0.2, 0.25) is 10.0 Å². The number of rotatable bonds is 2. The minimum atomic E-state index is -0.459. The molecule has 24 heavy (non-hydrogen) atoms. The molecule has 6 heteroatoms. The molecule has 0 aliphatic carbocycles. The monoisotopic (exact) mass is 374 g/mol. The zero-order valence-corrected chi connectivity index (χ0v) is 14.7. The first-order valence-corrected chi connectivity index (χ1v) is 8.93. The summed E-state index contributed by atoms with van der Waals surface area (Å²) in [6.45, 7) is 0. The third kappa shape index (κ3) is 3.53. The van der Waals surface area contributed by atoms with E-state index in [1.54, 1.807) is 24.3 Å². The molecule has 3 nitrogen and oxygen atoms in total. The van der Waals surface area contributed by atoms with Crippen LogP contribution in [0.5, 0.6) is 0 Å². The first-order valence-electron chi connectivity index (χ1n) is 7.23. The molecule has 0 spiro atoms. The predicted octanol–water partition coefficient (Wildman–Crippen LogP) is 5.32. The topological polar surface area (TPSA) is 56.8 Å². The zero-order valence-electron chi connectivity index (χ0n) is 12.4. The van der Waals surface area contributed by atoms with Gasteiger partial charge in [-0.05, 0) is 35.4 Å². The van der Waals surface area contributed by atoms with E-state index < -0.39 is 22.7 Å². The smallest absolute Gasteiger partial charge is 0.123 e. The Morgan fingerprint density at radius 3 is 1.46 bits per heavy atom. The summed E-state index contributed by atoms with van der Waals surface area (Å²) in [7, 11) is 0. The standard InChI is InChI=1S/C18H12Cl2N2OS/c19-13-5-1-11(2-6-13)17-15(9-21)24-16(10-22)18(23-17)12-3-7-14(20)8-4-12/h1-8,15-18H. The van der Waals surface area contributed by atoms with Gasteiger partial charge in [0.2, 0.25) is 0 Å². The van der Waals surface area contributed by atoms with Crippen molar-refractivity contribution < 1.29 is 4.74 Å². The summed E-state index contributed by atoms with van der Waals surface area (Å²) in [5.74, 6) is 0. The van der Waals surface area contributed by atoms with E-state index in [0.717, 1.165) is 11.1 Å². The minimum absolute atomic E-state index is 0.428. The van der Waals surface area contributed by atoms with Crippen molar-refractivity contribution >= 4 is 35.0 Å². The summed E-state index contributed by atoms with van der Waals surface area (Å²) >= 11 is 13.2. The molecule has 2 aromatic carbocycles. The second-order valence-electron chi connectivity index (χ2n) is 5.32. The van der Waals surface area contributed by atoms with Gasteiger partial charge in [0.15, 0.2) is 0 Å². The summed E-state index contributed by atoms with van der Waals surface area (Å²) in [4.78, 5) is 0. The molecule has 0 saturated carbocycles. The van der Waals surface area contributed by atoms with Crippen LogP contribution >= 0.6 is 35.0 Å². The van der Waals surface area contributed by atoms with E-state index in [9.17, 15) is 10.5 Å². The Morgan fingerprint density at radius 2 is 1.12 bits per heavy atom. The molecule has 120 valence electrons. The molecule has 0 bridgehead atoms. The Morgan fingerprint density at radius 1 is 0.750 bits per heavy atom. The van der Waals surface area contributed by atoms with Crippen LogP contribution in [0.3, 0.4) is 0 Å². The van der Waals surface area contributed by atoms with E-state index >= 15 is 0 Å². The lowest BCUT2D eigenvalue weighted by Crippen LogP contribution is -2.32. The highest BCUT2D eigenvalue weighted by Gasteiger charge is 2.40. The number of benzene rings is 2. The van der Waals surface area contributed by atoms with E-state index in [1.165, 1.54) is 11.8 Å². The van der Waals surface area contributed by atoms with E-state index in [4.69, 9.17) is 27.9 Å². The van der Waals surface area contributed by atoms with Crippen LogP contribution in [0.15, 0.2) is 48.5 Å². The van der Waals surface area contributed by atoms with Crippen LogP contribution in [0.4, 0.5) is 0 Å². The summed E-state index contributed by atoms with van der Waals surface area (Å²) in [5, 5.41) is 19.3. The van der Waals surface area contributed by atoms with Gasteiger partial charge in [0.05, 0.1) is 12.1 Å². The van der Waals surface area contributed by atoms with Crippen molar-refractivity contribution in [2.45, 2.75) is 22.7 Å². The van der Waals surface area contributed by atoms with Gasteiger partial charge in [-0.2, -0.15) is 10.5 Å². The maximum atomic E-state index is 9.48. The zero-order chi connectivity index (χ0) is 17.1. The van der Waals surface area contributed by atoms with Crippen LogP contribution in [0.1, 0.15) is 23.3 Å². The summed E-state index contributed by atoms with van der Waals surface area (Å²) in [5.41, 5.74) is 1.74. The second-order valence-corrected chi connectivity index (χ2v) is 7.48. The van der Waals surface area contributed by atoms with Crippen molar-refractivity contribution in [2.75, 3.05) is 0 Å². The van der Waals surface area contributed by atoms with Gasteiger partial charge in [-0.3, -0.25) is 0 Å². The molecule has 2 aromatic rings. The molecule has 4 unspecified atom stereocenters. The SMILES string of the molecule is N#CC1SC(C#N)C(c2ccc(Cl)cc2)OC1c1ccc(Cl)cc1. The number of hydrogen-bond acceptors (Lipinski definition) is 4. The summed E-state index contributed by atoms with van der Waals surface area (Å²) < 4.78 is 6.19. The number of nitriles is 2. The molecule has 4 atom stereocenters. The molecule has 0 N–H and O–H groups in total. The van der Waals surface area contributed by atoms with Crippen LogP contribution in [-0.4, -0.2) is 10.5 Å². The molecular weight excluding hydrogens is 363 g/mol. The van der Waals surface area contributed by atoms with Crippen LogP contribution < -0.4 is 0 Å². The van der Waals surface area contributed by atoms with E-state index in [-0.39, 0.29) is 0 Å². The molecular formula is C18H12Cl2N2OS. The van der Waals surface area contributed by atoms with Gasteiger partial charge < -0.3 is 4.74 Å². The van der Waals surface area contributed by atoms with Crippen molar-refractivity contribution in [1.82, 2.24) is 0 Å². The van der Waals surface area contributed by atoms with Gasteiger partial charge in [0, 0.05) is 10.0 Å². The van der Waals surface area contributed by atoms with Gasteiger partial charge in [-0.25, -0.2) is 0 Å². The fraction of sp³-hybridized carbons (Fsp3) is 0.222. The average molecular weight is 375 g/mol. The molecule has 1 aliphatic rings. The second kappa shape index (κ2) is 7.47. The lowest BCUT2D eigenvalue weighted by atomic mass is 10.0. The Bertz CT molecular complexity index is 728. The molecule has 0 aromatic heterocycles. The predicted molar refractivity (Wildman–Crippen MR) is 95.9 cm³/mol. The Balaban J connectivity index is 1.95. The van der Waals surface area contributed by atoms with Crippen molar-refractivity contribution in [3.8, 4) is 12.1 Å². The number of thioether (sulfide) groups is 1. The quantitative estimate of drug-likeness (QED) is 0.713. The lowest BCUT2D eigenvalue weighted by molar-refractivity contribution is -0.0126. The van der Waals surface area contributed by atoms with Crippen molar-refractivity contribution in [2.24, 2.45) is 0 Å². The third-order valence-corrected chi connectivity index (χ3v) is 5.58. The molecule has 1 saturated heterocycles. The molecule has 1 fully saturated rings. The van der Waals surface area contributed by atoms with Crippen LogP contribution in [0.25, 0.3) is 0 Å². The van der Waals surface area contributed by atoms with Gasteiger partial charge >= 0.3 is 0 Å². The van der Waals surface area contributed by atoms with Gasteiger partial charge in [0.1, 0.15) is 22.7 Å². The molecule has 1 aliphatic heterocycles. The van der Waals surface area contributed by atoms with Crippen molar-refractivity contribution in [1.29, 1.82) is 10.5 Å². The molecule has 1 heterocycles. The van der Waals surface area contributed by atoms with Crippen molar-refractivity contribution in [3.63, 3.8) is 0 Å². The fourth-order valence-corrected chi connectivity index (χ4v) is 4.03. The first-order chi connectivity index (χ1) is 11.6. The maximum absolute atomic E-state index is 9.48. The third-order valence-electron chi connectivity index (χ3n) is 3.79. The Hall–Kier alpha value is -1.69. The number of hydrogen-bond donors (Lipinski definition) is 0. The highest BCUT2D eigenvalue weighted by atomic mass is 35.5. The highest BCUT2D eigenvalue weighted by molar-refractivity contribution is 8.01. The minimum Gasteiger partial charge on any atom is -0.361 e. The van der Waals surface area contributed by atoms with E-state index in [1.807, 2.05) is 24.3 Å². The number of halogens is 2. The maximum Gasteiger partial charge on any atom is 0.123 e. The van der Waals surface area contributed by atoms with E-state index in [2.05, 4.69) is 12.1 Å². The van der Waals surface area contributed by atoms with E-state index in [0.29, 0.717) is 10.0 Å². The molecule has 0 amide bonds. The van der Waals surface area contributed by atoms with Gasteiger partial charge in [0.25, 0.3) is 0 Å². The summed E-state index contributed by atoms with van der Waals surface area (Å²) in [6.07, 6.45) is -0.856. The first kappa shape index (κ1) is 17.1. The molecule has 0 radical (unpaired) electrons. The van der Waals surface area contributed by atoms with Crippen LogP contribution in [0, 0.1) is 22.7 Å². The Kier molecular flexibility index (Phi) is 5.33.